The molecule has 0 amide bonds. The van der Waals surface area contributed by atoms with Gasteiger partial charge in [-0.1, -0.05) is 12.1 Å². The highest BCUT2D eigenvalue weighted by atomic mass is 32.1. The minimum atomic E-state index is -0.307. The number of hydrogen-bond donors (Lipinski definition) is 2. The van der Waals surface area contributed by atoms with Crippen molar-refractivity contribution in [2.45, 2.75) is 0 Å². The number of H-pyrrole nitrogens is 1. The van der Waals surface area contributed by atoms with Crippen LogP contribution in [-0.4, -0.2) is 22.3 Å². The quantitative estimate of drug-likeness (QED) is 0.773. The molecular weight excluding hydrogens is 288 g/mol. The van der Waals surface area contributed by atoms with E-state index in [2.05, 4.69) is 15.2 Å². The van der Waals surface area contributed by atoms with E-state index >= 15 is 0 Å². The Hall–Kier alpha value is -2.67. The average Bonchev–Trinajstić information content (AvgIpc) is 2.94. The molecule has 0 spiro atoms. The van der Waals surface area contributed by atoms with Gasteiger partial charge in [-0.3, -0.25) is 4.79 Å². The minimum absolute atomic E-state index is 0.307. The molecule has 6 nitrogen and oxygen atoms in total. The first-order valence-corrected chi connectivity index (χ1v) is 7.01. The molecule has 0 unspecified atom stereocenters. The van der Waals surface area contributed by atoms with E-state index in [1.165, 1.54) is 11.3 Å². The normalized spacial score (nSPS) is 10.5. The lowest BCUT2D eigenvalue weighted by Crippen LogP contribution is -2.11. The number of thiazole rings is 1. The fourth-order valence-corrected chi connectivity index (χ4v) is 2.56. The first-order valence-electron chi connectivity index (χ1n) is 6.13. The van der Waals surface area contributed by atoms with Gasteiger partial charge in [0.25, 0.3) is 5.56 Å². The maximum atomic E-state index is 11.9. The molecule has 0 bridgehead atoms. The van der Waals surface area contributed by atoms with E-state index in [1.807, 2.05) is 24.3 Å². The maximum Gasteiger partial charge on any atom is 0.273 e. The predicted octanol–water partition coefficient (Wildman–Crippen LogP) is 2.15. The van der Waals surface area contributed by atoms with E-state index < -0.39 is 0 Å². The molecule has 0 radical (unpaired) electrons. The molecule has 21 heavy (non-hydrogen) atoms. The van der Waals surface area contributed by atoms with Crippen LogP contribution in [0.2, 0.25) is 0 Å². The Labute approximate surface area is 124 Å². The molecule has 3 N–H and O–H groups in total. The van der Waals surface area contributed by atoms with Crippen molar-refractivity contribution < 1.29 is 4.74 Å². The number of methoxy groups -OCH3 is 1. The van der Waals surface area contributed by atoms with Crippen molar-refractivity contribution in [2.24, 2.45) is 0 Å². The monoisotopic (exact) mass is 300 g/mol. The molecule has 0 saturated heterocycles. The van der Waals surface area contributed by atoms with Crippen molar-refractivity contribution in [3.05, 3.63) is 46.1 Å². The summed E-state index contributed by atoms with van der Waals surface area (Å²) in [6.45, 7) is 0. The zero-order chi connectivity index (χ0) is 14.8. The summed E-state index contributed by atoms with van der Waals surface area (Å²) in [5.41, 5.74) is 7.68. The topological polar surface area (TPSA) is 93.9 Å². The number of nitrogens with two attached hydrogens (primary N) is 1. The van der Waals surface area contributed by atoms with Crippen LogP contribution in [0.1, 0.15) is 0 Å². The van der Waals surface area contributed by atoms with Gasteiger partial charge in [-0.2, -0.15) is 5.10 Å². The van der Waals surface area contributed by atoms with Crippen LogP contribution in [-0.2, 0) is 0 Å². The maximum absolute atomic E-state index is 11.9. The van der Waals surface area contributed by atoms with Crippen molar-refractivity contribution in [1.29, 1.82) is 0 Å². The molecule has 106 valence electrons. The summed E-state index contributed by atoms with van der Waals surface area (Å²) < 4.78 is 5.31. The first kappa shape index (κ1) is 13.3. The lowest BCUT2D eigenvalue weighted by Gasteiger charge is -2.07. The number of aromatic nitrogens is 3. The van der Waals surface area contributed by atoms with Crippen LogP contribution < -0.4 is 16.0 Å². The summed E-state index contributed by atoms with van der Waals surface area (Å²) in [5.74, 6) is 0.681. The third-order valence-electron chi connectivity index (χ3n) is 2.98. The molecule has 3 aromatic rings. The fraction of sp³-hybridized carbons (Fsp3) is 0.0714. The van der Waals surface area contributed by atoms with Crippen LogP contribution >= 0.6 is 11.3 Å². The molecule has 0 fully saturated rings. The Morgan fingerprint density at radius 3 is 2.76 bits per heavy atom. The van der Waals surface area contributed by atoms with Crippen LogP contribution in [0.15, 0.2) is 40.5 Å². The fourth-order valence-electron chi connectivity index (χ4n) is 2.00. The van der Waals surface area contributed by atoms with Crippen molar-refractivity contribution in [3.63, 3.8) is 0 Å². The Morgan fingerprint density at radius 2 is 2.05 bits per heavy atom. The van der Waals surface area contributed by atoms with E-state index in [1.54, 1.807) is 18.6 Å². The molecular formula is C14H12N4O2S. The number of aromatic amines is 1. The van der Waals surface area contributed by atoms with Crippen molar-refractivity contribution in [3.8, 4) is 28.3 Å². The third kappa shape index (κ3) is 2.50. The van der Waals surface area contributed by atoms with E-state index in [9.17, 15) is 4.79 Å². The number of ether oxygens (including phenoxy) is 1. The van der Waals surface area contributed by atoms with Gasteiger partial charge in [-0.15, -0.1) is 11.3 Å². The highest BCUT2D eigenvalue weighted by molar-refractivity contribution is 7.13. The van der Waals surface area contributed by atoms with Gasteiger partial charge in [0.15, 0.2) is 5.13 Å². The lowest BCUT2D eigenvalue weighted by molar-refractivity contribution is 0.416. The van der Waals surface area contributed by atoms with Gasteiger partial charge in [0.1, 0.15) is 5.75 Å². The molecule has 7 heteroatoms. The van der Waals surface area contributed by atoms with E-state index in [0.29, 0.717) is 27.8 Å². The van der Waals surface area contributed by atoms with E-state index in [4.69, 9.17) is 10.5 Å². The number of benzene rings is 1. The van der Waals surface area contributed by atoms with Crippen LogP contribution in [0.5, 0.6) is 5.75 Å². The Morgan fingerprint density at radius 1 is 1.24 bits per heavy atom. The zero-order valence-corrected chi connectivity index (χ0v) is 12.0. The average molecular weight is 300 g/mol. The van der Waals surface area contributed by atoms with Gasteiger partial charge >= 0.3 is 0 Å². The Bertz CT molecular complexity index is 841. The molecule has 2 aromatic heterocycles. The van der Waals surface area contributed by atoms with Gasteiger partial charge in [0.05, 0.1) is 24.1 Å². The second-order valence-corrected chi connectivity index (χ2v) is 5.16. The van der Waals surface area contributed by atoms with E-state index in [0.717, 1.165) is 5.56 Å². The van der Waals surface area contributed by atoms with Gasteiger partial charge in [0.2, 0.25) is 0 Å². The summed E-state index contributed by atoms with van der Waals surface area (Å²) in [6, 6.07) is 9.15. The van der Waals surface area contributed by atoms with Crippen molar-refractivity contribution in [2.75, 3.05) is 12.8 Å². The Kier molecular flexibility index (Phi) is 3.41. The van der Waals surface area contributed by atoms with Crippen LogP contribution in [0.4, 0.5) is 5.13 Å². The zero-order valence-electron chi connectivity index (χ0n) is 11.2. The highest BCUT2D eigenvalue weighted by Crippen LogP contribution is 2.29. The van der Waals surface area contributed by atoms with Gasteiger partial charge in [-0.05, 0) is 18.2 Å². The summed E-state index contributed by atoms with van der Waals surface area (Å²) in [6.07, 6.45) is 0. The van der Waals surface area contributed by atoms with Crippen molar-refractivity contribution >= 4 is 16.5 Å². The minimum Gasteiger partial charge on any atom is -0.496 e. The Balaban J connectivity index is 2.16. The molecule has 1 aromatic carbocycles. The van der Waals surface area contributed by atoms with Gasteiger partial charge in [-0.25, -0.2) is 10.1 Å². The number of rotatable bonds is 3. The number of nitrogens with zero attached hydrogens (tertiary/aromatic N) is 2. The molecule has 2 heterocycles. The molecule has 0 atom stereocenters. The summed E-state index contributed by atoms with van der Waals surface area (Å²) in [7, 11) is 1.59. The number of para-hydroxylation sites is 1. The SMILES string of the molecule is COc1ccccc1-c1cc(-c2csc(N)n2)c(=O)[nH]n1. The second-order valence-electron chi connectivity index (χ2n) is 4.27. The number of anilines is 1. The smallest absolute Gasteiger partial charge is 0.273 e. The number of nitrogens with one attached hydrogen (secondary N) is 1. The van der Waals surface area contributed by atoms with Crippen LogP contribution in [0, 0.1) is 0 Å². The summed E-state index contributed by atoms with van der Waals surface area (Å²) >= 11 is 1.29. The molecule has 0 aliphatic rings. The van der Waals surface area contributed by atoms with E-state index in [-0.39, 0.29) is 5.56 Å². The molecule has 0 aliphatic carbocycles. The third-order valence-corrected chi connectivity index (χ3v) is 3.66. The summed E-state index contributed by atoms with van der Waals surface area (Å²) in [4.78, 5) is 16.1. The standard InChI is InChI=1S/C14H12N4O2S/c1-20-12-5-3-2-4-8(12)10-6-9(13(19)18-17-10)11-7-21-14(15)16-11/h2-7H,1H3,(H2,15,16)(H,18,19). The number of hydrogen-bond acceptors (Lipinski definition) is 6. The number of nitrogen functional groups attached to an aromatic ring is 1. The molecule has 0 aliphatic heterocycles. The first-order chi connectivity index (χ1) is 10.2. The van der Waals surface area contributed by atoms with Gasteiger partial charge < -0.3 is 10.5 Å². The van der Waals surface area contributed by atoms with Gasteiger partial charge in [0, 0.05) is 10.9 Å². The largest absolute Gasteiger partial charge is 0.496 e. The molecule has 3 rings (SSSR count). The second kappa shape index (κ2) is 5.37. The lowest BCUT2D eigenvalue weighted by atomic mass is 10.1. The van der Waals surface area contributed by atoms with Crippen molar-refractivity contribution in [1.82, 2.24) is 15.2 Å². The van der Waals surface area contributed by atoms with Crippen LogP contribution in [0.25, 0.3) is 22.5 Å². The molecule has 0 saturated carbocycles. The highest BCUT2D eigenvalue weighted by Gasteiger charge is 2.12. The van der Waals surface area contributed by atoms with Crippen LogP contribution in [0.3, 0.4) is 0 Å². The summed E-state index contributed by atoms with van der Waals surface area (Å²) in [5, 5.41) is 8.72. The predicted molar refractivity (Wildman–Crippen MR) is 82.4 cm³/mol.